The van der Waals surface area contributed by atoms with E-state index in [1.165, 1.54) is 0 Å². The van der Waals surface area contributed by atoms with Crippen molar-refractivity contribution in [3.8, 4) is 5.75 Å². The molecule has 38 heavy (non-hydrogen) atoms. The Hall–Kier alpha value is -3.28. The summed E-state index contributed by atoms with van der Waals surface area (Å²) in [5.41, 5.74) is 4.32. The fourth-order valence-electron chi connectivity index (χ4n) is 5.15. The van der Waals surface area contributed by atoms with Crippen LogP contribution < -0.4 is 9.64 Å². The lowest BCUT2D eigenvalue weighted by atomic mass is 9.97. The number of hydrogen-bond donors (Lipinski definition) is 2. The van der Waals surface area contributed by atoms with E-state index in [9.17, 15) is 14.7 Å². The van der Waals surface area contributed by atoms with Crippen molar-refractivity contribution < 1.29 is 27.9 Å². The number of fused-ring (bicyclic) bond motifs is 1. The van der Waals surface area contributed by atoms with Gasteiger partial charge in [-0.05, 0) is 43.4 Å². The molecule has 1 fully saturated rings. The van der Waals surface area contributed by atoms with Crippen molar-refractivity contribution in [2.45, 2.75) is 38.3 Å². The largest absolute Gasteiger partial charge is 0.483 e. The standard InChI is InChI=1S/C27H35N3O4.HNO2S/c1-20-10-11-25(23-9-6-13-30(15-16-31)27(20)23)34-19-26(33)28(2)24(21-7-4-3-5-8-21)18-29-14-12-22(32)17-29;1-4(2)3/h3-5,7-8,10-11,16,22,24,32H,6,9,12-15,17-19H2,1-2H3;1H/t22-,24?;/m0./s1. The van der Waals surface area contributed by atoms with Crippen molar-refractivity contribution in [1.82, 2.24) is 9.80 Å². The van der Waals surface area contributed by atoms with Gasteiger partial charge in [0.1, 0.15) is 12.0 Å². The molecule has 10 nitrogen and oxygen atoms in total. The van der Waals surface area contributed by atoms with E-state index in [1.54, 1.807) is 4.90 Å². The van der Waals surface area contributed by atoms with Crippen molar-refractivity contribution in [2.75, 3.05) is 51.3 Å². The number of rotatable bonds is 9. The summed E-state index contributed by atoms with van der Waals surface area (Å²) in [5, 5.41) is 9.94. The topological polar surface area (TPSA) is 131 Å². The summed E-state index contributed by atoms with van der Waals surface area (Å²) in [5.74, 6) is 0.625. The minimum atomic E-state index is -2.61. The number of likely N-dealkylation sites (tertiary alicyclic amines) is 1. The number of hydrogen-bond acceptors (Lipinski definition) is 9. The molecule has 11 heteroatoms. The maximum atomic E-state index is 13.2. The molecule has 0 aliphatic carbocycles. The third kappa shape index (κ3) is 7.86. The molecule has 1 unspecified atom stereocenters. The Labute approximate surface area is 225 Å². The van der Waals surface area contributed by atoms with Crippen LogP contribution in [-0.4, -0.2) is 88.0 Å². The molecule has 2 aromatic carbocycles. The molecule has 1 amide bonds. The number of nitrogens with zero attached hydrogens (tertiary/aromatic N) is 3. The lowest BCUT2D eigenvalue weighted by molar-refractivity contribution is -0.134. The van der Waals surface area contributed by atoms with Crippen LogP contribution in [0, 0.1) is 11.7 Å². The molecular formula is C27H36N4O6S. The Kier molecular flexibility index (Phi) is 10.8. The van der Waals surface area contributed by atoms with E-state index in [1.807, 2.05) is 56.4 Å². The Morgan fingerprint density at radius 3 is 2.58 bits per heavy atom. The predicted molar refractivity (Wildman–Crippen MR) is 144 cm³/mol. The zero-order valence-corrected chi connectivity index (χ0v) is 22.7. The molecule has 0 spiro atoms. The van der Waals surface area contributed by atoms with Crippen molar-refractivity contribution in [2.24, 2.45) is 0 Å². The normalized spacial score (nSPS) is 17.6. The first-order chi connectivity index (χ1) is 18.2. The molecule has 4 rings (SSSR count). The highest BCUT2D eigenvalue weighted by molar-refractivity contribution is 7.60. The Morgan fingerprint density at radius 2 is 1.95 bits per heavy atom. The van der Waals surface area contributed by atoms with E-state index in [0.29, 0.717) is 19.6 Å². The van der Waals surface area contributed by atoms with E-state index in [4.69, 9.17) is 17.9 Å². The van der Waals surface area contributed by atoms with Crippen LogP contribution in [-0.2, 0) is 26.5 Å². The van der Waals surface area contributed by atoms with Gasteiger partial charge < -0.3 is 24.4 Å². The molecule has 1 saturated heterocycles. The smallest absolute Gasteiger partial charge is 0.308 e. The number of anilines is 1. The fourth-order valence-corrected chi connectivity index (χ4v) is 5.15. The minimum Gasteiger partial charge on any atom is -0.483 e. The van der Waals surface area contributed by atoms with Gasteiger partial charge in [-0.3, -0.25) is 9.69 Å². The van der Waals surface area contributed by atoms with Crippen molar-refractivity contribution in [3.63, 3.8) is 0 Å². The number of aliphatic hydroxyl groups excluding tert-OH is 1. The molecule has 2 aromatic rings. The monoisotopic (exact) mass is 544 g/mol. The van der Waals surface area contributed by atoms with Gasteiger partial charge in [-0.2, -0.15) is 13.2 Å². The fraction of sp³-hybridized carbons (Fsp3) is 0.481. The number of nitrogens with one attached hydrogen (secondary N) is 1. The molecule has 2 atom stereocenters. The second-order valence-corrected chi connectivity index (χ2v) is 10.0. The number of aliphatic hydroxyl groups is 1. The lowest BCUT2D eigenvalue weighted by Gasteiger charge is -2.33. The molecule has 0 aromatic heterocycles. The van der Waals surface area contributed by atoms with Gasteiger partial charge in [0.05, 0.1) is 18.7 Å². The van der Waals surface area contributed by atoms with Crippen LogP contribution >= 0.6 is 0 Å². The first-order valence-electron chi connectivity index (χ1n) is 12.7. The van der Waals surface area contributed by atoms with E-state index in [-0.39, 0.29) is 24.7 Å². The Bertz CT molecular complexity index is 1200. The number of carbonyl (C=O) groups excluding carboxylic acids is 2. The Balaban J connectivity index is 0.000000934. The van der Waals surface area contributed by atoms with Gasteiger partial charge in [-0.15, -0.1) is 0 Å². The average Bonchev–Trinajstić information content (AvgIpc) is 3.31. The third-order valence-corrected chi connectivity index (χ3v) is 6.98. The first-order valence-corrected chi connectivity index (χ1v) is 13.7. The highest BCUT2D eigenvalue weighted by Crippen LogP contribution is 2.37. The summed E-state index contributed by atoms with van der Waals surface area (Å²) in [7, 11) is -0.785. The molecule has 206 valence electrons. The summed E-state index contributed by atoms with van der Waals surface area (Å²) in [6.45, 7) is 5.34. The molecule has 2 heterocycles. The molecule has 0 saturated carbocycles. The number of carbonyl (C=O) groups is 2. The number of aldehydes is 1. The summed E-state index contributed by atoms with van der Waals surface area (Å²) in [6, 6.07) is 13.8. The van der Waals surface area contributed by atoms with Gasteiger partial charge in [0.25, 0.3) is 5.91 Å². The molecular weight excluding hydrogens is 508 g/mol. The highest BCUT2D eigenvalue weighted by atomic mass is 32.2. The minimum absolute atomic E-state index is 0.0500. The average molecular weight is 545 g/mol. The van der Waals surface area contributed by atoms with Crippen LogP contribution in [0.3, 0.4) is 0 Å². The van der Waals surface area contributed by atoms with E-state index in [0.717, 1.165) is 66.8 Å². The summed E-state index contributed by atoms with van der Waals surface area (Å²) in [4.78, 5) is 30.5. The third-order valence-electron chi connectivity index (χ3n) is 6.98. The highest BCUT2D eigenvalue weighted by Gasteiger charge is 2.29. The molecule has 0 radical (unpaired) electrons. The second kappa shape index (κ2) is 14.0. The van der Waals surface area contributed by atoms with Crippen LogP contribution in [0.15, 0.2) is 42.5 Å². The number of β-amino-alcohol motifs (C(OH)–C–C–N with tert-alkyl or cyclic N) is 1. The van der Waals surface area contributed by atoms with Crippen LogP contribution in [0.2, 0.25) is 0 Å². The second-order valence-electron chi connectivity index (χ2n) is 9.58. The maximum Gasteiger partial charge on any atom is 0.308 e. The van der Waals surface area contributed by atoms with Gasteiger partial charge >= 0.3 is 10.5 Å². The molecule has 0 bridgehead atoms. The quantitative estimate of drug-likeness (QED) is 0.460. The van der Waals surface area contributed by atoms with Gasteiger partial charge in [0.15, 0.2) is 6.61 Å². The summed E-state index contributed by atoms with van der Waals surface area (Å²) >= 11 is 0. The maximum absolute atomic E-state index is 13.2. The molecule has 2 N–H and O–H groups in total. The van der Waals surface area contributed by atoms with E-state index in [2.05, 4.69) is 9.80 Å². The number of benzene rings is 2. The van der Waals surface area contributed by atoms with Gasteiger partial charge in [0, 0.05) is 44.5 Å². The predicted octanol–water partition coefficient (Wildman–Crippen LogP) is 2.22. The van der Waals surface area contributed by atoms with Crippen LogP contribution in [0.4, 0.5) is 5.69 Å². The van der Waals surface area contributed by atoms with Gasteiger partial charge in [0.2, 0.25) is 0 Å². The lowest BCUT2D eigenvalue weighted by Crippen LogP contribution is -2.41. The molecule has 2 aliphatic rings. The zero-order chi connectivity index (χ0) is 27.7. The van der Waals surface area contributed by atoms with Gasteiger partial charge in [-0.25, -0.2) is 0 Å². The van der Waals surface area contributed by atoms with Crippen molar-refractivity contribution in [1.29, 1.82) is 4.78 Å². The van der Waals surface area contributed by atoms with Crippen LogP contribution in [0.5, 0.6) is 5.75 Å². The zero-order valence-electron chi connectivity index (χ0n) is 21.9. The number of likely N-dealkylation sites (N-methyl/N-ethyl adjacent to an activating group) is 1. The van der Waals surface area contributed by atoms with Gasteiger partial charge in [-0.1, -0.05) is 36.4 Å². The SMILES string of the molecule is Cc1ccc(OCC(=O)N(C)C(CN2CC[C@H](O)C2)c2ccccc2)c2c1N(CC=O)CCC2.N=S(=O)=O. The van der Waals surface area contributed by atoms with Crippen LogP contribution in [0.25, 0.3) is 0 Å². The van der Waals surface area contributed by atoms with Crippen molar-refractivity contribution >= 4 is 28.4 Å². The number of ether oxygens (including phenoxy) is 1. The first kappa shape index (κ1) is 29.3. The van der Waals surface area contributed by atoms with Crippen molar-refractivity contribution in [3.05, 3.63) is 59.2 Å². The Morgan fingerprint density at radius 1 is 1.24 bits per heavy atom. The van der Waals surface area contributed by atoms with E-state index >= 15 is 0 Å². The van der Waals surface area contributed by atoms with E-state index < -0.39 is 10.5 Å². The summed E-state index contributed by atoms with van der Waals surface area (Å²) < 4.78 is 28.9. The number of aryl methyl sites for hydroxylation is 1. The molecule has 2 aliphatic heterocycles. The van der Waals surface area contributed by atoms with Crippen LogP contribution in [0.1, 0.15) is 35.6 Å². The number of amides is 1. The summed E-state index contributed by atoms with van der Waals surface area (Å²) in [6.07, 6.45) is 3.22.